The van der Waals surface area contributed by atoms with E-state index >= 15 is 0 Å². The standard InChI is InChI=1S/C27H35/c1-2-3-4-5-6-7-8-9-10-11-12-16-23-19-15-20-26-21-24-17-13-14-18-25(24)22-27(23)26/h13-22H,2-12H2,1H3. The summed E-state index contributed by atoms with van der Waals surface area (Å²) in [5.74, 6) is 0. The lowest BCUT2D eigenvalue weighted by Crippen LogP contribution is -1.87. The van der Waals surface area contributed by atoms with Crippen LogP contribution in [0.1, 0.15) is 83.1 Å². The van der Waals surface area contributed by atoms with Gasteiger partial charge in [-0.15, -0.1) is 0 Å². The predicted molar refractivity (Wildman–Crippen MR) is 121 cm³/mol. The number of benzene rings is 3. The molecule has 143 valence electrons. The van der Waals surface area contributed by atoms with Crippen molar-refractivity contribution >= 4 is 21.5 Å². The van der Waals surface area contributed by atoms with Gasteiger partial charge < -0.3 is 0 Å². The fourth-order valence-corrected chi connectivity index (χ4v) is 4.06. The van der Waals surface area contributed by atoms with E-state index in [1.807, 2.05) is 0 Å². The summed E-state index contributed by atoms with van der Waals surface area (Å²) >= 11 is 0. The van der Waals surface area contributed by atoms with Crippen molar-refractivity contribution in [1.82, 2.24) is 0 Å². The molecule has 0 aliphatic rings. The van der Waals surface area contributed by atoms with Gasteiger partial charge in [0.15, 0.2) is 0 Å². The van der Waals surface area contributed by atoms with Crippen LogP contribution >= 0.6 is 0 Å². The van der Waals surface area contributed by atoms with Gasteiger partial charge in [0.25, 0.3) is 0 Å². The summed E-state index contributed by atoms with van der Waals surface area (Å²) in [4.78, 5) is 0. The fraction of sp³-hybridized carbons (Fsp3) is 0.444. The summed E-state index contributed by atoms with van der Waals surface area (Å²) < 4.78 is 0. The van der Waals surface area contributed by atoms with Crippen molar-refractivity contribution in [2.45, 2.75) is 77.6 Å². The van der Waals surface area contributed by atoms with Crippen LogP contribution < -0.4 is 0 Å². The zero-order chi connectivity index (χ0) is 18.7. The molecule has 3 rings (SSSR count). The Morgan fingerprint density at radius 1 is 0.593 bits per heavy atom. The van der Waals surface area contributed by atoms with Gasteiger partial charge >= 0.3 is 0 Å². The molecule has 0 fully saturated rings. The molecule has 0 bridgehead atoms. The third-order valence-electron chi connectivity index (χ3n) is 5.70. The van der Waals surface area contributed by atoms with Gasteiger partial charge in [0.05, 0.1) is 0 Å². The van der Waals surface area contributed by atoms with E-state index in [1.54, 1.807) is 0 Å². The molecule has 0 heterocycles. The second-order valence-corrected chi connectivity index (χ2v) is 7.94. The second kappa shape index (κ2) is 11.1. The Bertz CT molecular complexity index is 815. The van der Waals surface area contributed by atoms with Crippen LogP contribution in [0.4, 0.5) is 0 Å². The summed E-state index contributed by atoms with van der Waals surface area (Å²) in [5.41, 5.74) is 1.40. The van der Waals surface area contributed by atoms with E-state index in [9.17, 15) is 0 Å². The first kappa shape index (κ1) is 19.9. The van der Waals surface area contributed by atoms with Gasteiger partial charge in [-0.3, -0.25) is 0 Å². The molecule has 0 atom stereocenters. The third kappa shape index (κ3) is 6.09. The Kier molecular flexibility index (Phi) is 8.21. The highest BCUT2D eigenvalue weighted by Crippen LogP contribution is 2.27. The first-order chi connectivity index (χ1) is 13.4. The number of hydrogen-bond donors (Lipinski definition) is 0. The van der Waals surface area contributed by atoms with Gasteiger partial charge in [-0.1, -0.05) is 114 Å². The molecular weight excluding hydrogens is 324 g/mol. The van der Waals surface area contributed by atoms with Gasteiger partial charge in [-0.05, 0) is 52.1 Å². The Morgan fingerprint density at radius 2 is 1.19 bits per heavy atom. The Balaban J connectivity index is 1.41. The first-order valence-corrected chi connectivity index (χ1v) is 11.1. The average molecular weight is 360 g/mol. The van der Waals surface area contributed by atoms with Gasteiger partial charge in [0.2, 0.25) is 0 Å². The maximum absolute atomic E-state index is 2.45. The van der Waals surface area contributed by atoms with Crippen LogP contribution in [0.2, 0.25) is 0 Å². The molecule has 3 aromatic carbocycles. The highest BCUT2D eigenvalue weighted by molar-refractivity contribution is 6.00. The molecule has 0 aliphatic carbocycles. The molecule has 0 heteroatoms. The maximum atomic E-state index is 2.45. The van der Waals surface area contributed by atoms with Gasteiger partial charge in [-0.25, -0.2) is 0 Å². The largest absolute Gasteiger partial charge is 0.0654 e. The molecule has 0 aliphatic heterocycles. The smallest absolute Gasteiger partial charge is 0.00867 e. The van der Waals surface area contributed by atoms with Crippen molar-refractivity contribution in [1.29, 1.82) is 0 Å². The molecule has 3 aromatic rings. The quantitative estimate of drug-likeness (QED) is 0.224. The number of rotatable bonds is 12. The van der Waals surface area contributed by atoms with E-state index in [0.717, 1.165) is 0 Å². The molecule has 0 nitrogen and oxygen atoms in total. The molecule has 27 heavy (non-hydrogen) atoms. The minimum absolute atomic E-state index is 1.20. The highest BCUT2D eigenvalue weighted by atomic mass is 14.1. The zero-order valence-corrected chi connectivity index (χ0v) is 17.1. The highest BCUT2D eigenvalue weighted by Gasteiger charge is 2.03. The minimum atomic E-state index is 1.20. The molecule has 0 spiro atoms. The van der Waals surface area contributed by atoms with Crippen molar-refractivity contribution in [2.24, 2.45) is 0 Å². The fourth-order valence-electron chi connectivity index (χ4n) is 4.06. The molecule has 0 saturated heterocycles. The summed E-state index contributed by atoms with van der Waals surface area (Å²) in [7, 11) is 0. The zero-order valence-electron chi connectivity index (χ0n) is 17.1. The molecule has 1 radical (unpaired) electrons. The van der Waals surface area contributed by atoms with Crippen LogP contribution in [-0.2, 0) is 0 Å². The minimum Gasteiger partial charge on any atom is -0.0654 e. The van der Waals surface area contributed by atoms with Crippen LogP contribution in [0.3, 0.4) is 0 Å². The molecule has 0 saturated carbocycles. The Labute approximate surface area is 166 Å². The van der Waals surface area contributed by atoms with E-state index in [0.29, 0.717) is 0 Å². The lowest BCUT2D eigenvalue weighted by molar-refractivity contribution is 0.556. The van der Waals surface area contributed by atoms with Crippen LogP contribution in [-0.4, -0.2) is 0 Å². The van der Waals surface area contributed by atoms with Crippen molar-refractivity contribution in [2.75, 3.05) is 0 Å². The summed E-state index contributed by atoms with van der Waals surface area (Å²) in [5, 5.41) is 5.41. The van der Waals surface area contributed by atoms with Crippen molar-refractivity contribution in [3.8, 4) is 0 Å². The van der Waals surface area contributed by atoms with Gasteiger partial charge in [-0.2, -0.15) is 0 Å². The third-order valence-corrected chi connectivity index (χ3v) is 5.70. The lowest BCUT2D eigenvalue weighted by atomic mass is 9.96. The van der Waals surface area contributed by atoms with E-state index in [2.05, 4.69) is 67.9 Å². The number of hydrogen-bond acceptors (Lipinski definition) is 0. The van der Waals surface area contributed by atoms with E-state index in [1.165, 1.54) is 97.7 Å². The monoisotopic (exact) mass is 359 g/mol. The molecule has 0 unspecified atom stereocenters. The number of unbranched alkanes of at least 4 members (excludes halogenated alkanes) is 10. The maximum Gasteiger partial charge on any atom is -0.00867 e. The molecule has 0 aromatic heterocycles. The number of fused-ring (bicyclic) bond motifs is 2. The van der Waals surface area contributed by atoms with Crippen molar-refractivity contribution in [3.63, 3.8) is 0 Å². The molecular formula is C27H35. The van der Waals surface area contributed by atoms with E-state index < -0.39 is 0 Å². The predicted octanol–water partition coefficient (Wildman–Crippen LogP) is 8.86. The topological polar surface area (TPSA) is 0 Å². The summed E-state index contributed by atoms with van der Waals surface area (Å²) in [6, 6.07) is 20.1. The second-order valence-electron chi connectivity index (χ2n) is 7.94. The molecule has 0 amide bonds. The van der Waals surface area contributed by atoms with Crippen molar-refractivity contribution < 1.29 is 0 Å². The van der Waals surface area contributed by atoms with Crippen LogP contribution in [0.25, 0.3) is 21.5 Å². The Hall–Kier alpha value is -1.82. The normalized spacial score (nSPS) is 11.4. The van der Waals surface area contributed by atoms with E-state index in [4.69, 9.17) is 0 Å². The van der Waals surface area contributed by atoms with Crippen LogP contribution in [0, 0.1) is 6.42 Å². The lowest BCUT2D eigenvalue weighted by Gasteiger charge is -2.08. The van der Waals surface area contributed by atoms with Gasteiger partial charge in [0.1, 0.15) is 0 Å². The van der Waals surface area contributed by atoms with Crippen LogP contribution in [0.5, 0.6) is 0 Å². The average Bonchev–Trinajstić information content (AvgIpc) is 2.70. The SMILES string of the molecule is CCCCCCCCCCCC[CH]c1cccc2cc3ccccc3cc12. The van der Waals surface area contributed by atoms with Crippen LogP contribution in [0.15, 0.2) is 54.6 Å². The Morgan fingerprint density at radius 3 is 1.89 bits per heavy atom. The molecule has 0 N–H and O–H groups in total. The summed E-state index contributed by atoms with van der Waals surface area (Å²) in [6.07, 6.45) is 17.7. The summed E-state index contributed by atoms with van der Waals surface area (Å²) in [6.45, 7) is 2.29. The van der Waals surface area contributed by atoms with Gasteiger partial charge in [0, 0.05) is 0 Å². The van der Waals surface area contributed by atoms with Crippen molar-refractivity contribution in [3.05, 3.63) is 66.6 Å². The van der Waals surface area contributed by atoms with E-state index in [-0.39, 0.29) is 0 Å². The first-order valence-electron chi connectivity index (χ1n) is 11.1.